The lowest BCUT2D eigenvalue weighted by atomic mass is 9.62. The van der Waals surface area contributed by atoms with Gasteiger partial charge in [0.15, 0.2) is 0 Å². The largest absolute Gasteiger partial charge is 0.573 e. The van der Waals surface area contributed by atoms with Crippen molar-refractivity contribution in [1.82, 2.24) is 4.90 Å². The van der Waals surface area contributed by atoms with E-state index in [9.17, 15) is 23.4 Å². The second kappa shape index (κ2) is 9.38. The summed E-state index contributed by atoms with van der Waals surface area (Å²) in [5.74, 6) is 5.45. The van der Waals surface area contributed by atoms with Gasteiger partial charge in [-0.3, -0.25) is 0 Å². The smallest absolute Gasteiger partial charge is 0.406 e. The molecule has 182 valence electrons. The Balaban J connectivity index is 1.70. The Labute approximate surface area is 202 Å². The number of likely N-dealkylation sites (tertiary alicyclic amines) is 1. The topological polar surface area (TPSA) is 52.9 Å². The molecule has 0 bridgehead atoms. The Morgan fingerprint density at radius 3 is 2.20 bits per heavy atom. The van der Waals surface area contributed by atoms with Gasteiger partial charge in [0.05, 0.1) is 0 Å². The van der Waals surface area contributed by atoms with E-state index in [1.165, 1.54) is 24.3 Å². The third kappa shape index (κ3) is 5.20. The fourth-order valence-corrected chi connectivity index (χ4v) is 4.83. The van der Waals surface area contributed by atoms with Crippen LogP contribution in [0.4, 0.5) is 13.2 Å². The molecule has 3 aromatic rings. The van der Waals surface area contributed by atoms with E-state index in [4.69, 9.17) is 0 Å². The first kappa shape index (κ1) is 24.8. The Morgan fingerprint density at radius 2 is 1.60 bits per heavy atom. The van der Waals surface area contributed by atoms with E-state index in [1.54, 1.807) is 36.4 Å². The molecule has 1 heterocycles. The summed E-state index contributed by atoms with van der Waals surface area (Å²) in [6.07, 6.45) is -5.75. The molecule has 4 nitrogen and oxygen atoms in total. The molecule has 2 N–H and O–H groups in total. The molecule has 0 amide bonds. The van der Waals surface area contributed by atoms with Crippen LogP contribution < -0.4 is 4.74 Å². The van der Waals surface area contributed by atoms with Crippen LogP contribution in [0.25, 0.3) is 0 Å². The Kier molecular flexibility index (Phi) is 6.65. The van der Waals surface area contributed by atoms with Crippen molar-refractivity contribution in [3.8, 4) is 17.6 Å². The third-order valence-electron chi connectivity index (χ3n) is 6.37. The SMILES string of the molecule is CN1CC(C)(C(O)(c2ccc(OC(F)(F)F)cc2)c2cccc(C#C[C@@H](O)c3ccccc3)c2)C1. The van der Waals surface area contributed by atoms with E-state index < -0.39 is 23.5 Å². The molecule has 7 heteroatoms. The van der Waals surface area contributed by atoms with Crippen molar-refractivity contribution in [3.63, 3.8) is 0 Å². The highest BCUT2D eigenvalue weighted by Gasteiger charge is 2.55. The average Bonchev–Trinajstić information content (AvgIpc) is 2.81. The lowest BCUT2D eigenvalue weighted by molar-refractivity contribution is -0.274. The van der Waals surface area contributed by atoms with E-state index >= 15 is 0 Å². The van der Waals surface area contributed by atoms with Crippen LogP contribution in [0, 0.1) is 17.3 Å². The second-order valence-electron chi connectivity index (χ2n) is 9.18. The van der Waals surface area contributed by atoms with Crippen LogP contribution in [0.15, 0.2) is 78.9 Å². The van der Waals surface area contributed by atoms with Crippen molar-refractivity contribution in [3.05, 3.63) is 101 Å². The van der Waals surface area contributed by atoms with E-state index in [1.807, 2.05) is 32.2 Å². The van der Waals surface area contributed by atoms with Gasteiger partial charge in [-0.15, -0.1) is 13.2 Å². The maximum Gasteiger partial charge on any atom is 0.573 e. The minimum atomic E-state index is -4.79. The van der Waals surface area contributed by atoms with Crippen LogP contribution in [0.2, 0.25) is 0 Å². The lowest BCUT2D eigenvalue weighted by Crippen LogP contribution is -2.63. The fourth-order valence-electron chi connectivity index (χ4n) is 4.83. The zero-order chi connectivity index (χ0) is 25.3. The van der Waals surface area contributed by atoms with Gasteiger partial charge in [-0.1, -0.05) is 73.4 Å². The van der Waals surface area contributed by atoms with Crippen molar-refractivity contribution in [2.24, 2.45) is 5.41 Å². The Hall–Kier alpha value is -3.31. The molecule has 0 aromatic heterocycles. The number of hydrogen-bond acceptors (Lipinski definition) is 4. The first-order valence-electron chi connectivity index (χ1n) is 11.1. The molecule has 0 spiro atoms. The van der Waals surface area contributed by atoms with Gasteiger partial charge in [0.1, 0.15) is 17.5 Å². The van der Waals surface area contributed by atoms with Crippen LogP contribution >= 0.6 is 0 Å². The van der Waals surface area contributed by atoms with Gasteiger partial charge in [-0.25, -0.2) is 0 Å². The van der Waals surface area contributed by atoms with Gasteiger partial charge < -0.3 is 19.8 Å². The standard InChI is InChI=1S/C28H26F3NO3/c1-26(18-32(2)19-26)27(34,22-12-14-24(15-13-22)35-28(29,30)31)23-10-6-7-20(17-23)11-16-25(33)21-8-4-3-5-9-21/h3-10,12-15,17,25,33-34H,18-19H2,1-2H3/t25-,27?/m1/s1. The van der Waals surface area contributed by atoms with Crippen LogP contribution in [-0.4, -0.2) is 41.6 Å². The molecule has 4 rings (SSSR count). The summed E-state index contributed by atoms with van der Waals surface area (Å²) in [6, 6.07) is 21.5. The molecule has 0 aliphatic carbocycles. The molecule has 1 unspecified atom stereocenters. The van der Waals surface area contributed by atoms with Gasteiger partial charge in [-0.2, -0.15) is 0 Å². The minimum absolute atomic E-state index is 0.353. The third-order valence-corrected chi connectivity index (χ3v) is 6.37. The van der Waals surface area contributed by atoms with Crippen molar-refractivity contribution >= 4 is 0 Å². The summed E-state index contributed by atoms with van der Waals surface area (Å²) >= 11 is 0. The predicted octanol–water partition coefficient (Wildman–Crippen LogP) is 4.86. The summed E-state index contributed by atoms with van der Waals surface area (Å²) in [5.41, 5.74) is 0.217. The molecule has 1 fully saturated rings. The molecule has 1 saturated heterocycles. The van der Waals surface area contributed by atoms with Gasteiger partial charge >= 0.3 is 6.36 Å². The van der Waals surface area contributed by atoms with Gasteiger partial charge in [0.2, 0.25) is 0 Å². The first-order valence-corrected chi connectivity index (χ1v) is 11.1. The van der Waals surface area contributed by atoms with Gasteiger partial charge in [0, 0.05) is 24.1 Å². The van der Waals surface area contributed by atoms with E-state index in [0.717, 1.165) is 0 Å². The van der Waals surface area contributed by atoms with E-state index in [0.29, 0.717) is 35.3 Å². The highest BCUT2D eigenvalue weighted by molar-refractivity contribution is 5.47. The second-order valence-corrected chi connectivity index (χ2v) is 9.18. The Morgan fingerprint density at radius 1 is 0.943 bits per heavy atom. The number of halogens is 3. The Bertz CT molecular complexity index is 1230. The zero-order valence-electron chi connectivity index (χ0n) is 19.4. The number of hydrogen-bond donors (Lipinski definition) is 2. The highest BCUT2D eigenvalue weighted by Crippen LogP contribution is 2.50. The molecule has 3 aromatic carbocycles. The van der Waals surface area contributed by atoms with Crippen LogP contribution in [0.5, 0.6) is 5.75 Å². The predicted molar refractivity (Wildman–Crippen MR) is 126 cm³/mol. The van der Waals surface area contributed by atoms with Crippen LogP contribution in [0.3, 0.4) is 0 Å². The number of rotatable bonds is 5. The lowest BCUT2D eigenvalue weighted by Gasteiger charge is -2.56. The zero-order valence-corrected chi connectivity index (χ0v) is 19.4. The number of benzene rings is 3. The molecular formula is C28H26F3NO3. The normalized spacial score (nSPS) is 17.9. The summed E-state index contributed by atoms with van der Waals surface area (Å²) in [4.78, 5) is 2.06. The molecule has 0 radical (unpaired) electrons. The van der Waals surface area contributed by atoms with Gasteiger partial charge in [0.25, 0.3) is 0 Å². The van der Waals surface area contributed by atoms with Crippen molar-refractivity contribution in [1.29, 1.82) is 0 Å². The monoisotopic (exact) mass is 481 g/mol. The van der Waals surface area contributed by atoms with Crippen LogP contribution in [-0.2, 0) is 5.60 Å². The quantitative estimate of drug-likeness (QED) is 0.512. The van der Waals surface area contributed by atoms with E-state index in [2.05, 4.69) is 21.5 Å². The van der Waals surface area contributed by atoms with Crippen molar-refractivity contribution in [2.45, 2.75) is 25.0 Å². The number of nitrogens with zero attached hydrogens (tertiary/aromatic N) is 1. The maximum atomic E-state index is 12.6. The molecule has 35 heavy (non-hydrogen) atoms. The molecule has 2 atom stereocenters. The summed E-state index contributed by atoms with van der Waals surface area (Å²) < 4.78 is 41.8. The molecule has 1 aliphatic heterocycles. The maximum absolute atomic E-state index is 12.6. The van der Waals surface area contributed by atoms with Crippen molar-refractivity contribution in [2.75, 3.05) is 20.1 Å². The van der Waals surface area contributed by atoms with E-state index in [-0.39, 0.29) is 5.75 Å². The number of aliphatic hydroxyl groups excluding tert-OH is 1. The molecule has 0 saturated carbocycles. The fraction of sp³-hybridized carbons (Fsp3) is 0.286. The van der Waals surface area contributed by atoms with Gasteiger partial charge in [-0.05, 0) is 48.0 Å². The number of alkyl halides is 3. The van der Waals surface area contributed by atoms with Crippen molar-refractivity contribution < 1.29 is 28.1 Å². The van der Waals surface area contributed by atoms with Crippen LogP contribution in [0.1, 0.15) is 35.3 Å². The highest BCUT2D eigenvalue weighted by atomic mass is 19.4. The number of ether oxygens (including phenoxy) is 1. The summed E-state index contributed by atoms with van der Waals surface area (Å²) in [5, 5.41) is 22.5. The summed E-state index contributed by atoms with van der Waals surface area (Å²) in [7, 11) is 1.94. The average molecular weight is 482 g/mol. The number of aliphatic hydroxyl groups is 2. The minimum Gasteiger partial charge on any atom is -0.406 e. The molecule has 1 aliphatic rings. The molecular weight excluding hydrogens is 455 g/mol. The first-order chi connectivity index (χ1) is 16.5. The summed E-state index contributed by atoms with van der Waals surface area (Å²) in [6.45, 7) is 3.13.